The Morgan fingerprint density at radius 2 is 1.74 bits per heavy atom. The first-order valence-electron chi connectivity index (χ1n) is 8.05. The first kappa shape index (κ1) is 15.6. The molecule has 0 amide bonds. The minimum absolute atomic E-state index is 0.718. The van der Waals surface area contributed by atoms with Gasteiger partial charge in [0.05, 0.1) is 17.3 Å². The van der Waals surface area contributed by atoms with Crippen LogP contribution >= 0.6 is 0 Å². The molecule has 0 radical (unpaired) electrons. The zero-order valence-corrected chi connectivity index (χ0v) is 14.1. The fourth-order valence-electron chi connectivity index (χ4n) is 3.18. The second kappa shape index (κ2) is 6.43. The summed E-state index contributed by atoms with van der Waals surface area (Å²) in [7, 11) is 2.01. The molecule has 0 unspecified atom stereocenters. The lowest BCUT2D eigenvalue weighted by atomic mass is 10.1. The zero-order valence-electron chi connectivity index (χ0n) is 14.1. The van der Waals surface area contributed by atoms with Crippen LogP contribution < -0.4 is 4.90 Å². The maximum atomic E-state index is 8.88. The number of aromatic nitrogens is 2. The number of nitriles is 1. The van der Waals surface area contributed by atoms with E-state index in [-0.39, 0.29) is 0 Å². The molecular weight excluding hydrogens is 286 g/mol. The van der Waals surface area contributed by atoms with Gasteiger partial charge in [-0.1, -0.05) is 0 Å². The van der Waals surface area contributed by atoms with E-state index in [2.05, 4.69) is 34.8 Å². The fraction of sp³-hybridized carbons (Fsp3) is 0.444. The van der Waals surface area contributed by atoms with Crippen LogP contribution in [0.25, 0.3) is 0 Å². The van der Waals surface area contributed by atoms with E-state index in [4.69, 9.17) is 5.26 Å². The normalized spacial score (nSPS) is 15.7. The van der Waals surface area contributed by atoms with E-state index in [0.717, 1.165) is 44.0 Å². The van der Waals surface area contributed by atoms with Crippen molar-refractivity contribution in [3.63, 3.8) is 0 Å². The van der Waals surface area contributed by atoms with Gasteiger partial charge in [-0.15, -0.1) is 0 Å². The smallest absolute Gasteiger partial charge is 0.0991 e. The van der Waals surface area contributed by atoms with E-state index in [1.54, 1.807) is 0 Å². The van der Waals surface area contributed by atoms with Gasteiger partial charge in [0.25, 0.3) is 0 Å². The summed E-state index contributed by atoms with van der Waals surface area (Å²) >= 11 is 0. The molecule has 1 aliphatic rings. The van der Waals surface area contributed by atoms with E-state index in [1.807, 2.05) is 36.0 Å². The molecule has 1 saturated heterocycles. The molecule has 0 saturated carbocycles. The number of hydrogen-bond donors (Lipinski definition) is 0. The molecule has 0 aliphatic carbocycles. The van der Waals surface area contributed by atoms with Gasteiger partial charge in [-0.2, -0.15) is 10.4 Å². The van der Waals surface area contributed by atoms with Gasteiger partial charge in [0.2, 0.25) is 0 Å². The average molecular weight is 309 g/mol. The van der Waals surface area contributed by atoms with Crippen LogP contribution in [-0.4, -0.2) is 40.9 Å². The lowest BCUT2D eigenvalue weighted by Gasteiger charge is -2.36. The van der Waals surface area contributed by atoms with Crippen molar-refractivity contribution in [2.45, 2.75) is 20.4 Å². The summed E-state index contributed by atoms with van der Waals surface area (Å²) in [6.45, 7) is 9.35. The Morgan fingerprint density at radius 1 is 1.09 bits per heavy atom. The minimum Gasteiger partial charge on any atom is -0.369 e. The van der Waals surface area contributed by atoms with Gasteiger partial charge >= 0.3 is 0 Å². The molecule has 5 nitrogen and oxygen atoms in total. The molecule has 23 heavy (non-hydrogen) atoms. The van der Waals surface area contributed by atoms with E-state index in [1.165, 1.54) is 16.9 Å². The van der Waals surface area contributed by atoms with Crippen molar-refractivity contribution in [1.29, 1.82) is 5.26 Å². The lowest BCUT2D eigenvalue weighted by Crippen LogP contribution is -2.46. The van der Waals surface area contributed by atoms with Gasteiger partial charge in [0, 0.05) is 56.7 Å². The highest BCUT2D eigenvalue weighted by molar-refractivity contribution is 5.50. The SMILES string of the molecule is Cc1nn(C)c(C)c1CN1CCN(c2ccc(C#N)cc2)CC1. The van der Waals surface area contributed by atoms with Crippen LogP contribution in [0.5, 0.6) is 0 Å². The standard InChI is InChI=1S/C18H23N5/c1-14-18(15(2)21(3)20-14)13-22-8-10-23(11-9-22)17-6-4-16(12-19)5-7-17/h4-7H,8-11,13H2,1-3H3. The quantitative estimate of drug-likeness (QED) is 0.872. The maximum absolute atomic E-state index is 8.88. The molecule has 1 aliphatic heterocycles. The van der Waals surface area contributed by atoms with Crippen LogP contribution in [0.4, 0.5) is 5.69 Å². The summed E-state index contributed by atoms with van der Waals surface area (Å²) < 4.78 is 1.97. The van der Waals surface area contributed by atoms with Crippen molar-refractivity contribution in [2.75, 3.05) is 31.1 Å². The van der Waals surface area contributed by atoms with Gasteiger partial charge < -0.3 is 4.90 Å². The van der Waals surface area contributed by atoms with Crippen LogP contribution in [0.15, 0.2) is 24.3 Å². The molecule has 0 spiro atoms. The topological polar surface area (TPSA) is 48.1 Å². The summed E-state index contributed by atoms with van der Waals surface area (Å²) in [4.78, 5) is 4.89. The van der Waals surface area contributed by atoms with Gasteiger partial charge in [0.1, 0.15) is 0 Å². The Balaban J connectivity index is 1.61. The highest BCUT2D eigenvalue weighted by Crippen LogP contribution is 2.20. The second-order valence-electron chi connectivity index (χ2n) is 6.19. The fourth-order valence-corrected chi connectivity index (χ4v) is 3.18. The van der Waals surface area contributed by atoms with Crippen LogP contribution in [-0.2, 0) is 13.6 Å². The molecule has 120 valence electrons. The lowest BCUT2D eigenvalue weighted by molar-refractivity contribution is 0.249. The maximum Gasteiger partial charge on any atom is 0.0991 e. The number of anilines is 1. The summed E-state index contributed by atoms with van der Waals surface area (Å²) in [5, 5.41) is 13.4. The Labute approximate surface area is 137 Å². The molecule has 0 N–H and O–H groups in total. The Bertz CT molecular complexity index is 715. The Hall–Kier alpha value is -2.32. The van der Waals surface area contributed by atoms with Gasteiger partial charge in [0.15, 0.2) is 0 Å². The van der Waals surface area contributed by atoms with E-state index < -0.39 is 0 Å². The van der Waals surface area contributed by atoms with Gasteiger partial charge in [-0.3, -0.25) is 9.58 Å². The van der Waals surface area contributed by atoms with E-state index in [0.29, 0.717) is 0 Å². The number of rotatable bonds is 3. The van der Waals surface area contributed by atoms with Crippen LogP contribution in [0, 0.1) is 25.2 Å². The molecular formula is C18H23N5. The van der Waals surface area contributed by atoms with Crippen LogP contribution in [0.2, 0.25) is 0 Å². The zero-order chi connectivity index (χ0) is 16.4. The summed E-state index contributed by atoms with van der Waals surface area (Å²) in [6.07, 6.45) is 0. The molecule has 1 fully saturated rings. The number of aryl methyl sites for hydroxylation is 2. The highest BCUT2D eigenvalue weighted by atomic mass is 15.3. The molecule has 2 aromatic rings. The number of hydrogen-bond acceptors (Lipinski definition) is 4. The second-order valence-corrected chi connectivity index (χ2v) is 6.19. The van der Waals surface area contributed by atoms with E-state index in [9.17, 15) is 0 Å². The third-order valence-corrected chi connectivity index (χ3v) is 4.77. The molecule has 0 bridgehead atoms. The van der Waals surface area contributed by atoms with Crippen molar-refractivity contribution in [3.05, 3.63) is 46.8 Å². The van der Waals surface area contributed by atoms with Crippen molar-refractivity contribution < 1.29 is 0 Å². The third kappa shape index (κ3) is 3.22. The molecule has 3 rings (SSSR count). The van der Waals surface area contributed by atoms with Gasteiger partial charge in [-0.05, 0) is 38.1 Å². The van der Waals surface area contributed by atoms with Crippen molar-refractivity contribution >= 4 is 5.69 Å². The van der Waals surface area contributed by atoms with Crippen molar-refractivity contribution in [3.8, 4) is 6.07 Å². The number of nitrogens with zero attached hydrogens (tertiary/aromatic N) is 5. The molecule has 1 aromatic heterocycles. The van der Waals surface area contributed by atoms with Crippen molar-refractivity contribution in [2.24, 2.45) is 7.05 Å². The monoisotopic (exact) mass is 309 g/mol. The van der Waals surface area contributed by atoms with Crippen LogP contribution in [0.1, 0.15) is 22.5 Å². The number of piperazine rings is 1. The molecule has 2 heterocycles. The van der Waals surface area contributed by atoms with E-state index >= 15 is 0 Å². The molecule has 1 aromatic carbocycles. The summed E-state index contributed by atoms with van der Waals surface area (Å²) in [5.41, 5.74) is 5.68. The Kier molecular flexibility index (Phi) is 4.35. The summed E-state index contributed by atoms with van der Waals surface area (Å²) in [6, 6.07) is 10.0. The Morgan fingerprint density at radius 3 is 2.26 bits per heavy atom. The largest absolute Gasteiger partial charge is 0.369 e. The predicted molar refractivity (Wildman–Crippen MR) is 91.3 cm³/mol. The average Bonchev–Trinajstić information content (AvgIpc) is 2.82. The molecule has 5 heteroatoms. The first-order valence-corrected chi connectivity index (χ1v) is 8.05. The predicted octanol–water partition coefficient (Wildman–Crippen LogP) is 2.23. The van der Waals surface area contributed by atoms with Crippen LogP contribution in [0.3, 0.4) is 0 Å². The molecule has 0 atom stereocenters. The third-order valence-electron chi connectivity index (χ3n) is 4.77. The number of benzene rings is 1. The minimum atomic E-state index is 0.718. The van der Waals surface area contributed by atoms with Gasteiger partial charge in [-0.25, -0.2) is 0 Å². The highest BCUT2D eigenvalue weighted by Gasteiger charge is 2.20. The first-order chi connectivity index (χ1) is 11.1. The summed E-state index contributed by atoms with van der Waals surface area (Å²) in [5.74, 6) is 0. The van der Waals surface area contributed by atoms with Crippen molar-refractivity contribution in [1.82, 2.24) is 14.7 Å².